The number of carbonyl (C=O) groups is 3. The Morgan fingerprint density at radius 1 is 1.03 bits per heavy atom. The van der Waals surface area contributed by atoms with Crippen molar-refractivity contribution in [2.75, 3.05) is 12.4 Å². The Labute approximate surface area is 174 Å². The Morgan fingerprint density at radius 2 is 1.62 bits per heavy atom. The van der Waals surface area contributed by atoms with Crippen LogP contribution in [0.4, 0.5) is 5.13 Å². The highest BCUT2D eigenvalue weighted by Gasteiger charge is 2.62. The molecule has 2 atom stereocenters. The molecule has 6 nitrogen and oxygen atoms in total. The van der Waals surface area contributed by atoms with Crippen LogP contribution >= 0.6 is 11.3 Å². The summed E-state index contributed by atoms with van der Waals surface area (Å²) in [4.78, 5) is 44.7. The molecule has 152 valence electrons. The van der Waals surface area contributed by atoms with Crippen LogP contribution in [0.5, 0.6) is 0 Å². The predicted octanol–water partition coefficient (Wildman–Crippen LogP) is 3.95. The average molecular weight is 412 g/mol. The Hall–Kier alpha value is -2.54. The maximum atomic E-state index is 13.3. The molecule has 0 spiro atoms. The van der Waals surface area contributed by atoms with Gasteiger partial charge in [-0.3, -0.25) is 19.3 Å². The maximum absolute atomic E-state index is 13.3. The highest BCUT2D eigenvalue weighted by molar-refractivity contribution is 7.14. The number of likely N-dealkylation sites (tertiary alicyclic amines) is 1. The van der Waals surface area contributed by atoms with E-state index in [1.165, 1.54) is 16.2 Å². The summed E-state index contributed by atoms with van der Waals surface area (Å²) in [5.74, 6) is -0.576. The van der Waals surface area contributed by atoms with Crippen molar-refractivity contribution in [1.29, 1.82) is 0 Å². The van der Waals surface area contributed by atoms with Crippen molar-refractivity contribution >= 4 is 34.2 Å². The molecule has 2 fully saturated rings. The van der Waals surface area contributed by atoms with Gasteiger partial charge in [0.25, 0.3) is 0 Å². The molecule has 1 aromatic carbocycles. The molecular weight excluding hydrogens is 386 g/mol. The second kappa shape index (κ2) is 6.49. The molecule has 1 aromatic heterocycles. The van der Waals surface area contributed by atoms with Crippen LogP contribution in [0.3, 0.4) is 0 Å². The van der Waals surface area contributed by atoms with Gasteiger partial charge < -0.3 is 5.32 Å². The monoisotopic (exact) mass is 411 g/mol. The minimum Gasteiger partial charge on any atom is -0.301 e. The number of thiazole rings is 1. The van der Waals surface area contributed by atoms with Crippen molar-refractivity contribution in [2.24, 2.45) is 16.2 Å². The first-order valence-electron chi connectivity index (χ1n) is 9.71. The van der Waals surface area contributed by atoms with Gasteiger partial charge in [-0.05, 0) is 19.3 Å². The number of nitrogens with one attached hydrogen (secondary N) is 1. The van der Waals surface area contributed by atoms with Crippen molar-refractivity contribution in [2.45, 2.75) is 40.0 Å². The number of imide groups is 1. The van der Waals surface area contributed by atoms with E-state index in [-0.39, 0.29) is 17.7 Å². The fourth-order valence-corrected chi connectivity index (χ4v) is 6.17. The van der Waals surface area contributed by atoms with E-state index in [4.69, 9.17) is 0 Å². The zero-order valence-corrected chi connectivity index (χ0v) is 17.9. The van der Waals surface area contributed by atoms with Gasteiger partial charge in [0.1, 0.15) is 0 Å². The lowest BCUT2D eigenvalue weighted by atomic mass is 9.51. The van der Waals surface area contributed by atoms with E-state index in [2.05, 4.69) is 10.3 Å². The van der Waals surface area contributed by atoms with E-state index < -0.39 is 16.2 Å². The Morgan fingerprint density at radius 3 is 2.21 bits per heavy atom. The normalized spacial score (nSPS) is 31.7. The summed E-state index contributed by atoms with van der Waals surface area (Å²) in [6.07, 6.45) is 1.31. The minimum atomic E-state index is -0.826. The Bertz CT molecular complexity index is 972. The summed E-state index contributed by atoms with van der Waals surface area (Å²) in [6, 6.07) is 9.78. The fraction of sp³-hybridized carbons (Fsp3) is 0.455. The second-order valence-electron chi connectivity index (χ2n) is 9.24. The lowest BCUT2D eigenvalue weighted by molar-refractivity contribution is -0.177. The largest absolute Gasteiger partial charge is 0.301 e. The number of anilines is 1. The first kappa shape index (κ1) is 19.8. The van der Waals surface area contributed by atoms with Gasteiger partial charge in [-0.1, -0.05) is 51.1 Å². The second-order valence-corrected chi connectivity index (χ2v) is 10.1. The molecule has 1 aliphatic carbocycles. The standard InChI is InChI=1S/C22H25N3O3S/c1-20(11-21(2)13-22(3,12-20)18(28)25(4)17(21)27)16(26)24-19-23-15(10-29-19)14-8-6-5-7-9-14/h5-10H,11-13H2,1-4H3,(H,23,24,26). The van der Waals surface area contributed by atoms with Gasteiger partial charge in [-0.25, -0.2) is 4.98 Å². The summed E-state index contributed by atoms with van der Waals surface area (Å²) in [6.45, 7) is 5.60. The van der Waals surface area contributed by atoms with E-state index >= 15 is 0 Å². The number of benzene rings is 1. The molecule has 29 heavy (non-hydrogen) atoms. The van der Waals surface area contributed by atoms with Crippen LogP contribution in [0, 0.1) is 16.2 Å². The Kier molecular flexibility index (Phi) is 4.42. The summed E-state index contributed by atoms with van der Waals surface area (Å²) in [5.41, 5.74) is -0.476. The van der Waals surface area contributed by atoms with E-state index in [1.807, 2.05) is 56.5 Å². The molecule has 1 saturated heterocycles. The molecule has 1 N–H and O–H groups in total. The number of piperidine rings is 1. The van der Waals surface area contributed by atoms with Crippen LogP contribution in [-0.2, 0) is 14.4 Å². The van der Waals surface area contributed by atoms with Gasteiger partial charge in [0.05, 0.1) is 5.69 Å². The summed E-state index contributed by atoms with van der Waals surface area (Å²) in [5, 5.41) is 5.37. The smallest absolute Gasteiger partial charge is 0.234 e. The third kappa shape index (κ3) is 3.17. The van der Waals surface area contributed by atoms with Crippen molar-refractivity contribution in [1.82, 2.24) is 9.88 Å². The zero-order valence-electron chi connectivity index (χ0n) is 17.1. The number of aromatic nitrogens is 1. The van der Waals surface area contributed by atoms with Crippen LogP contribution in [0.15, 0.2) is 35.7 Å². The van der Waals surface area contributed by atoms with Gasteiger partial charge in [0.2, 0.25) is 17.7 Å². The molecule has 2 unspecified atom stereocenters. The molecule has 7 heteroatoms. The molecule has 2 bridgehead atoms. The van der Waals surface area contributed by atoms with Crippen LogP contribution in [0.1, 0.15) is 40.0 Å². The molecule has 2 aromatic rings. The summed E-state index contributed by atoms with van der Waals surface area (Å²) < 4.78 is 0. The van der Waals surface area contributed by atoms with Crippen molar-refractivity contribution in [3.8, 4) is 11.3 Å². The minimum absolute atomic E-state index is 0.186. The summed E-state index contributed by atoms with van der Waals surface area (Å²) >= 11 is 1.37. The van der Waals surface area contributed by atoms with Crippen LogP contribution in [0.2, 0.25) is 0 Å². The van der Waals surface area contributed by atoms with Gasteiger partial charge in [-0.15, -0.1) is 11.3 Å². The molecule has 0 radical (unpaired) electrons. The molecule has 2 heterocycles. The highest BCUT2D eigenvalue weighted by atomic mass is 32.1. The quantitative estimate of drug-likeness (QED) is 0.776. The van der Waals surface area contributed by atoms with Crippen LogP contribution < -0.4 is 5.32 Å². The van der Waals surface area contributed by atoms with E-state index in [0.717, 1.165) is 11.3 Å². The molecule has 1 saturated carbocycles. The molecule has 3 amide bonds. The number of carbonyl (C=O) groups excluding carboxylic acids is 3. The lowest BCUT2D eigenvalue weighted by Crippen LogP contribution is -2.63. The molecule has 4 rings (SSSR count). The Balaban J connectivity index is 1.58. The van der Waals surface area contributed by atoms with Crippen LogP contribution in [0.25, 0.3) is 11.3 Å². The van der Waals surface area contributed by atoms with Gasteiger partial charge in [0.15, 0.2) is 5.13 Å². The van der Waals surface area contributed by atoms with Gasteiger partial charge in [-0.2, -0.15) is 0 Å². The number of hydrogen-bond donors (Lipinski definition) is 1. The first-order chi connectivity index (χ1) is 13.6. The molecule has 1 aliphatic heterocycles. The fourth-order valence-electron chi connectivity index (χ4n) is 5.46. The summed E-state index contributed by atoms with van der Waals surface area (Å²) in [7, 11) is 1.55. The van der Waals surface area contributed by atoms with Crippen molar-refractivity contribution in [3.05, 3.63) is 35.7 Å². The molecular formula is C22H25N3O3S. The van der Waals surface area contributed by atoms with Gasteiger partial charge in [0, 0.05) is 34.2 Å². The first-order valence-corrected chi connectivity index (χ1v) is 10.6. The third-order valence-electron chi connectivity index (χ3n) is 6.33. The number of hydrogen-bond acceptors (Lipinski definition) is 5. The highest BCUT2D eigenvalue weighted by Crippen LogP contribution is 2.58. The van der Waals surface area contributed by atoms with E-state index in [1.54, 1.807) is 7.05 Å². The van der Waals surface area contributed by atoms with Crippen LogP contribution in [-0.4, -0.2) is 34.7 Å². The average Bonchev–Trinajstić information content (AvgIpc) is 3.13. The van der Waals surface area contributed by atoms with Crippen molar-refractivity contribution < 1.29 is 14.4 Å². The number of amides is 3. The van der Waals surface area contributed by atoms with Crippen molar-refractivity contribution in [3.63, 3.8) is 0 Å². The predicted molar refractivity (Wildman–Crippen MR) is 112 cm³/mol. The van der Waals surface area contributed by atoms with Gasteiger partial charge >= 0.3 is 0 Å². The number of rotatable bonds is 3. The molecule has 2 aliphatic rings. The topological polar surface area (TPSA) is 79.4 Å². The SMILES string of the molecule is CN1C(=O)C2(C)CC(C)(C(=O)Nc3nc(-c4ccccc4)cs3)CC(C)(C2)C1=O. The maximum Gasteiger partial charge on any atom is 0.234 e. The number of nitrogens with zero attached hydrogens (tertiary/aromatic N) is 2. The zero-order chi connectivity index (χ0) is 21.0. The lowest BCUT2D eigenvalue weighted by Gasteiger charge is -2.55. The van der Waals surface area contributed by atoms with E-state index in [0.29, 0.717) is 24.4 Å². The number of fused-ring (bicyclic) bond motifs is 2. The third-order valence-corrected chi connectivity index (χ3v) is 7.08. The van der Waals surface area contributed by atoms with E-state index in [9.17, 15) is 14.4 Å².